The zero-order chi connectivity index (χ0) is 17.6. The van der Waals surface area contributed by atoms with Gasteiger partial charge in [0.2, 0.25) is 0 Å². The van der Waals surface area contributed by atoms with Crippen molar-refractivity contribution in [3.8, 4) is 11.3 Å². The maximum Gasteiger partial charge on any atom is 0.139 e. The van der Waals surface area contributed by atoms with Crippen LogP contribution in [0.5, 0.6) is 0 Å². The number of carbonyl (C=O) groups excluding carboxylic acids is 1. The zero-order valence-electron chi connectivity index (χ0n) is 13.9. The molecule has 2 saturated carbocycles. The molecule has 3 atom stereocenters. The molecule has 2 aliphatic rings. The number of Topliss-reactive ketones (excluding diaryl/α,β-unsaturated/α-hetero) is 1. The highest BCUT2D eigenvalue weighted by molar-refractivity contribution is 6.39. The van der Waals surface area contributed by atoms with Gasteiger partial charge in [-0.25, -0.2) is 0 Å². The minimum Gasteiger partial charge on any atom is -0.373 e. The van der Waals surface area contributed by atoms with Gasteiger partial charge in [0.25, 0.3) is 0 Å². The number of rotatable bonds is 4. The maximum absolute atomic E-state index is 12.0. The zero-order valence-corrected chi connectivity index (χ0v) is 15.4. The van der Waals surface area contributed by atoms with Crippen molar-refractivity contribution in [3.05, 3.63) is 39.6 Å². The van der Waals surface area contributed by atoms with Crippen molar-refractivity contribution in [2.24, 2.45) is 11.8 Å². The van der Waals surface area contributed by atoms with Crippen LogP contribution < -0.4 is 0 Å². The van der Waals surface area contributed by atoms with E-state index in [0.717, 1.165) is 31.2 Å². The fourth-order valence-corrected chi connectivity index (χ4v) is 4.61. The number of ether oxygens (including phenoxy) is 1. The number of ketones is 1. The molecule has 2 aromatic rings. The van der Waals surface area contributed by atoms with Gasteiger partial charge in [-0.2, -0.15) is 0 Å². The quantitative estimate of drug-likeness (QED) is 0.729. The van der Waals surface area contributed by atoms with E-state index in [2.05, 4.69) is 5.16 Å². The van der Waals surface area contributed by atoms with Crippen LogP contribution in [-0.2, 0) is 16.1 Å². The molecule has 0 radical (unpaired) electrons. The first kappa shape index (κ1) is 17.1. The average molecular weight is 380 g/mol. The maximum atomic E-state index is 12.0. The van der Waals surface area contributed by atoms with E-state index >= 15 is 0 Å². The molecule has 6 heteroatoms. The Balaban J connectivity index is 1.54. The predicted molar refractivity (Wildman–Crippen MR) is 95.7 cm³/mol. The summed E-state index contributed by atoms with van der Waals surface area (Å²) in [6.45, 7) is 2.23. The molecule has 4 rings (SSSR count). The summed E-state index contributed by atoms with van der Waals surface area (Å²) in [5.74, 6) is 1.50. The third-order valence-electron chi connectivity index (χ3n) is 5.41. The fourth-order valence-electron chi connectivity index (χ4n) is 4.04. The normalized spacial score (nSPS) is 25.6. The lowest BCUT2D eigenvalue weighted by atomic mass is 9.86. The van der Waals surface area contributed by atoms with E-state index in [4.69, 9.17) is 32.5 Å². The van der Waals surface area contributed by atoms with Gasteiger partial charge in [0.05, 0.1) is 22.8 Å². The fraction of sp³-hybridized carbons (Fsp3) is 0.474. The summed E-state index contributed by atoms with van der Waals surface area (Å²) in [5.41, 5.74) is 2.15. The van der Waals surface area contributed by atoms with E-state index in [9.17, 15) is 4.79 Å². The number of carbonyl (C=O) groups is 1. The monoisotopic (exact) mass is 379 g/mol. The molecule has 25 heavy (non-hydrogen) atoms. The van der Waals surface area contributed by atoms with Gasteiger partial charge in [0, 0.05) is 23.0 Å². The molecule has 1 aromatic heterocycles. The van der Waals surface area contributed by atoms with Gasteiger partial charge in [-0.1, -0.05) is 34.4 Å². The van der Waals surface area contributed by atoms with Crippen LogP contribution in [0.25, 0.3) is 11.3 Å². The highest BCUT2D eigenvalue weighted by atomic mass is 35.5. The van der Waals surface area contributed by atoms with Crippen LogP contribution in [-0.4, -0.2) is 17.0 Å². The number of hydrogen-bond acceptors (Lipinski definition) is 4. The summed E-state index contributed by atoms with van der Waals surface area (Å²) in [6.07, 6.45) is 3.77. The standard InChI is InChI=1S/C19H19Cl2NO3/c1-10-14(9-24-13-7-11-5-6-12(8-13)19(11)23)18(22-25-10)17-15(20)3-2-4-16(17)21/h2-4,11-13H,5-9H2,1H3/t11-,12+,13?. The molecule has 0 saturated heterocycles. The van der Waals surface area contributed by atoms with Crippen molar-refractivity contribution >= 4 is 29.0 Å². The first-order valence-corrected chi connectivity index (χ1v) is 9.35. The number of benzene rings is 1. The molecule has 132 valence electrons. The van der Waals surface area contributed by atoms with E-state index in [0.29, 0.717) is 39.5 Å². The van der Waals surface area contributed by atoms with Gasteiger partial charge >= 0.3 is 0 Å². The molecule has 2 fully saturated rings. The SMILES string of the molecule is Cc1onc(-c2c(Cl)cccc2Cl)c1COC1C[C@H]2CC[C@@H](C1)C2=O. The van der Waals surface area contributed by atoms with E-state index in [1.54, 1.807) is 18.2 Å². The second-order valence-corrected chi connectivity index (χ2v) is 7.75. The van der Waals surface area contributed by atoms with Crippen molar-refractivity contribution in [3.63, 3.8) is 0 Å². The van der Waals surface area contributed by atoms with Crippen LogP contribution in [0.2, 0.25) is 10.0 Å². The van der Waals surface area contributed by atoms with Crippen molar-refractivity contribution in [2.45, 2.75) is 45.3 Å². The number of hydrogen-bond donors (Lipinski definition) is 0. The van der Waals surface area contributed by atoms with Gasteiger partial charge in [-0.15, -0.1) is 0 Å². The predicted octanol–water partition coefficient (Wildman–Crippen LogP) is 5.23. The summed E-state index contributed by atoms with van der Waals surface area (Å²) >= 11 is 12.6. The molecule has 1 unspecified atom stereocenters. The Bertz CT molecular complexity index is 781. The lowest BCUT2D eigenvalue weighted by Crippen LogP contribution is -2.30. The summed E-state index contributed by atoms with van der Waals surface area (Å²) < 4.78 is 11.5. The Hall–Kier alpha value is -1.36. The Morgan fingerprint density at radius 3 is 2.48 bits per heavy atom. The van der Waals surface area contributed by atoms with E-state index in [-0.39, 0.29) is 17.9 Å². The number of nitrogens with zero attached hydrogens (tertiary/aromatic N) is 1. The Kier molecular flexibility index (Phi) is 4.61. The molecule has 2 aliphatic carbocycles. The number of aryl methyl sites for hydroxylation is 1. The molecular weight excluding hydrogens is 361 g/mol. The largest absolute Gasteiger partial charge is 0.373 e. The molecule has 4 nitrogen and oxygen atoms in total. The Morgan fingerprint density at radius 1 is 1.20 bits per heavy atom. The highest BCUT2D eigenvalue weighted by Crippen LogP contribution is 2.41. The van der Waals surface area contributed by atoms with Crippen LogP contribution in [0.4, 0.5) is 0 Å². The van der Waals surface area contributed by atoms with Crippen LogP contribution in [0.3, 0.4) is 0 Å². The van der Waals surface area contributed by atoms with Crippen molar-refractivity contribution in [2.75, 3.05) is 0 Å². The molecule has 1 aromatic carbocycles. The van der Waals surface area contributed by atoms with Gasteiger partial charge < -0.3 is 9.26 Å². The van der Waals surface area contributed by atoms with Crippen LogP contribution in [0, 0.1) is 18.8 Å². The van der Waals surface area contributed by atoms with Crippen molar-refractivity contribution in [1.29, 1.82) is 0 Å². The van der Waals surface area contributed by atoms with Gasteiger partial charge in [0.15, 0.2) is 0 Å². The van der Waals surface area contributed by atoms with E-state index < -0.39 is 0 Å². The molecule has 2 bridgehead atoms. The Labute approximate surface area is 156 Å². The second-order valence-electron chi connectivity index (χ2n) is 6.94. The smallest absolute Gasteiger partial charge is 0.139 e. The minimum atomic E-state index is 0.110. The molecule has 0 aliphatic heterocycles. The summed E-state index contributed by atoms with van der Waals surface area (Å²) in [5, 5.41) is 5.21. The third-order valence-corrected chi connectivity index (χ3v) is 6.04. The lowest BCUT2D eigenvalue weighted by Gasteiger charge is -2.26. The molecule has 0 amide bonds. The molecular formula is C19H19Cl2NO3. The number of fused-ring (bicyclic) bond motifs is 2. The average Bonchev–Trinajstić information content (AvgIpc) is 3.01. The van der Waals surface area contributed by atoms with Gasteiger partial charge in [0.1, 0.15) is 17.2 Å². The minimum absolute atomic E-state index is 0.110. The Morgan fingerprint density at radius 2 is 1.84 bits per heavy atom. The molecule has 0 N–H and O–H groups in total. The lowest BCUT2D eigenvalue weighted by molar-refractivity contribution is -0.130. The summed E-state index contributed by atoms with van der Waals surface area (Å²) in [7, 11) is 0. The van der Waals surface area contributed by atoms with E-state index in [1.807, 2.05) is 6.92 Å². The number of aromatic nitrogens is 1. The molecule has 1 heterocycles. The van der Waals surface area contributed by atoms with Crippen molar-refractivity contribution in [1.82, 2.24) is 5.16 Å². The second kappa shape index (κ2) is 6.75. The van der Waals surface area contributed by atoms with Gasteiger partial charge in [-0.05, 0) is 44.7 Å². The summed E-state index contributed by atoms with van der Waals surface area (Å²) in [4.78, 5) is 12.0. The first-order chi connectivity index (χ1) is 12.0. The van der Waals surface area contributed by atoms with Crippen molar-refractivity contribution < 1.29 is 14.1 Å². The number of halogens is 2. The van der Waals surface area contributed by atoms with Gasteiger partial charge in [-0.3, -0.25) is 4.79 Å². The third kappa shape index (κ3) is 3.12. The van der Waals surface area contributed by atoms with Crippen LogP contribution in [0.1, 0.15) is 37.0 Å². The summed E-state index contributed by atoms with van der Waals surface area (Å²) in [6, 6.07) is 5.36. The highest BCUT2D eigenvalue weighted by Gasteiger charge is 2.41. The molecule has 0 spiro atoms. The topological polar surface area (TPSA) is 52.3 Å². The van der Waals surface area contributed by atoms with Crippen LogP contribution in [0.15, 0.2) is 22.7 Å². The van der Waals surface area contributed by atoms with E-state index in [1.165, 1.54) is 0 Å². The first-order valence-electron chi connectivity index (χ1n) is 8.59. The van der Waals surface area contributed by atoms with Crippen LogP contribution >= 0.6 is 23.2 Å².